The first-order valence-electron chi connectivity index (χ1n) is 9.22. The highest BCUT2D eigenvalue weighted by molar-refractivity contribution is 7.99. The van der Waals surface area contributed by atoms with Crippen LogP contribution in [0.25, 0.3) is 15.9 Å². The summed E-state index contributed by atoms with van der Waals surface area (Å²) in [6.45, 7) is 3.24. The second-order valence-electron chi connectivity index (χ2n) is 6.83. The van der Waals surface area contributed by atoms with Gasteiger partial charge in [0.15, 0.2) is 5.16 Å². The number of rotatable bonds is 4. The molecule has 3 aromatic rings. The zero-order chi connectivity index (χ0) is 19.7. The van der Waals surface area contributed by atoms with Crippen molar-refractivity contribution in [2.75, 3.05) is 18.8 Å². The van der Waals surface area contributed by atoms with E-state index < -0.39 is 0 Å². The minimum absolute atomic E-state index is 0.0613. The molecule has 0 spiro atoms. The van der Waals surface area contributed by atoms with Gasteiger partial charge in [-0.15, -0.1) is 11.3 Å². The highest BCUT2D eigenvalue weighted by atomic mass is 32.2. The third kappa shape index (κ3) is 3.71. The van der Waals surface area contributed by atoms with E-state index in [0.717, 1.165) is 32.4 Å². The van der Waals surface area contributed by atoms with Crippen molar-refractivity contribution in [2.45, 2.75) is 31.3 Å². The van der Waals surface area contributed by atoms with E-state index in [0.29, 0.717) is 26.6 Å². The number of halogens is 1. The molecule has 1 aliphatic rings. The van der Waals surface area contributed by atoms with Gasteiger partial charge < -0.3 is 4.90 Å². The molecule has 1 aromatic carbocycles. The summed E-state index contributed by atoms with van der Waals surface area (Å²) in [6, 6.07) is 6.36. The number of carbonyl (C=O) groups is 1. The number of likely N-dealkylation sites (tertiary alicyclic amines) is 1. The number of carbonyl (C=O) groups excluding carboxylic acids is 1. The molecule has 0 N–H and O–H groups in total. The molecule has 28 heavy (non-hydrogen) atoms. The van der Waals surface area contributed by atoms with Gasteiger partial charge in [0, 0.05) is 13.1 Å². The molecule has 0 radical (unpaired) electrons. The lowest BCUT2D eigenvalue weighted by Gasteiger charge is -2.26. The lowest BCUT2D eigenvalue weighted by atomic mass is 10.1. The molecular weight excluding hydrogens is 397 g/mol. The van der Waals surface area contributed by atoms with E-state index in [1.807, 2.05) is 10.3 Å². The molecular formula is C20H20FN3O2S2. The number of aryl methyl sites for hydroxylation is 1. The Hall–Kier alpha value is -2.19. The molecule has 5 nitrogen and oxygen atoms in total. The second kappa shape index (κ2) is 8.05. The summed E-state index contributed by atoms with van der Waals surface area (Å²) < 4.78 is 15.8. The van der Waals surface area contributed by atoms with Crippen LogP contribution in [0.3, 0.4) is 0 Å². The Kier molecular flexibility index (Phi) is 5.50. The van der Waals surface area contributed by atoms with Crippen molar-refractivity contribution in [1.29, 1.82) is 0 Å². The lowest BCUT2D eigenvalue weighted by molar-refractivity contribution is -0.129. The minimum atomic E-state index is -0.323. The summed E-state index contributed by atoms with van der Waals surface area (Å²) in [5, 5.41) is 2.28. The van der Waals surface area contributed by atoms with Crippen molar-refractivity contribution in [3.8, 4) is 5.69 Å². The Labute approximate surface area is 170 Å². The number of thioether (sulfide) groups is 1. The average Bonchev–Trinajstić information content (AvgIpc) is 3.18. The van der Waals surface area contributed by atoms with Crippen LogP contribution in [-0.2, 0) is 4.79 Å². The fourth-order valence-electron chi connectivity index (χ4n) is 3.35. The number of thiophene rings is 1. The largest absolute Gasteiger partial charge is 0.342 e. The summed E-state index contributed by atoms with van der Waals surface area (Å²) in [6.07, 6.45) is 3.24. The predicted molar refractivity (Wildman–Crippen MR) is 111 cm³/mol. The molecule has 2 aromatic heterocycles. The lowest BCUT2D eigenvalue weighted by Crippen LogP contribution is -2.36. The first kappa shape index (κ1) is 19.1. The summed E-state index contributed by atoms with van der Waals surface area (Å²) in [5.41, 5.74) is 1.44. The monoisotopic (exact) mass is 417 g/mol. The SMILES string of the molecule is Cc1cc(-n2c(SCC(=O)N3CCCCC3)nc3ccsc3c2=O)ccc1F. The zero-order valence-electron chi connectivity index (χ0n) is 15.5. The molecule has 4 rings (SSSR count). The van der Waals surface area contributed by atoms with E-state index in [1.165, 1.54) is 33.7 Å². The summed E-state index contributed by atoms with van der Waals surface area (Å²) in [7, 11) is 0. The molecule has 146 valence electrons. The molecule has 0 atom stereocenters. The molecule has 1 amide bonds. The van der Waals surface area contributed by atoms with Crippen molar-refractivity contribution >= 4 is 39.2 Å². The topological polar surface area (TPSA) is 55.2 Å². The molecule has 8 heteroatoms. The Bertz CT molecular complexity index is 1090. The van der Waals surface area contributed by atoms with E-state index in [9.17, 15) is 14.0 Å². The van der Waals surface area contributed by atoms with Crippen molar-refractivity contribution < 1.29 is 9.18 Å². The Balaban J connectivity index is 1.71. The smallest absolute Gasteiger partial charge is 0.276 e. The Morgan fingerprint density at radius 3 is 2.79 bits per heavy atom. The normalized spacial score (nSPS) is 14.6. The number of fused-ring (bicyclic) bond motifs is 1. The van der Waals surface area contributed by atoms with Crippen molar-refractivity contribution in [3.63, 3.8) is 0 Å². The fourth-order valence-corrected chi connectivity index (χ4v) is 5.02. The second-order valence-corrected chi connectivity index (χ2v) is 8.69. The van der Waals surface area contributed by atoms with E-state index in [2.05, 4.69) is 4.98 Å². The fraction of sp³-hybridized carbons (Fsp3) is 0.350. The van der Waals surface area contributed by atoms with Gasteiger partial charge in [0.1, 0.15) is 10.5 Å². The van der Waals surface area contributed by atoms with Crippen LogP contribution in [0.1, 0.15) is 24.8 Å². The van der Waals surface area contributed by atoms with Gasteiger partial charge in [-0.1, -0.05) is 11.8 Å². The van der Waals surface area contributed by atoms with E-state index >= 15 is 0 Å². The van der Waals surface area contributed by atoms with Crippen LogP contribution in [0.5, 0.6) is 0 Å². The third-order valence-electron chi connectivity index (χ3n) is 4.88. The number of benzene rings is 1. The van der Waals surface area contributed by atoms with Crippen LogP contribution < -0.4 is 5.56 Å². The molecule has 1 fully saturated rings. The number of piperidine rings is 1. The minimum Gasteiger partial charge on any atom is -0.342 e. The molecule has 3 heterocycles. The van der Waals surface area contributed by atoms with Crippen molar-refractivity contribution in [3.05, 3.63) is 51.4 Å². The van der Waals surface area contributed by atoms with Gasteiger partial charge in [-0.25, -0.2) is 9.37 Å². The van der Waals surface area contributed by atoms with Gasteiger partial charge >= 0.3 is 0 Å². The van der Waals surface area contributed by atoms with E-state index in [1.54, 1.807) is 25.1 Å². The Morgan fingerprint density at radius 2 is 2.04 bits per heavy atom. The predicted octanol–water partition coefficient (Wildman–Crippen LogP) is 4.00. The number of hydrogen-bond acceptors (Lipinski definition) is 5. The van der Waals surface area contributed by atoms with E-state index in [-0.39, 0.29) is 23.0 Å². The van der Waals surface area contributed by atoms with Gasteiger partial charge in [-0.3, -0.25) is 14.2 Å². The molecule has 1 saturated heterocycles. The van der Waals surface area contributed by atoms with Crippen LogP contribution in [0.2, 0.25) is 0 Å². The quantitative estimate of drug-likeness (QED) is 0.476. The maximum absolute atomic E-state index is 13.7. The number of nitrogens with zero attached hydrogens (tertiary/aromatic N) is 3. The maximum atomic E-state index is 13.7. The first-order chi connectivity index (χ1) is 13.5. The van der Waals surface area contributed by atoms with Crippen LogP contribution in [0.4, 0.5) is 4.39 Å². The average molecular weight is 418 g/mol. The first-order valence-corrected chi connectivity index (χ1v) is 11.1. The maximum Gasteiger partial charge on any atom is 0.276 e. The summed E-state index contributed by atoms with van der Waals surface area (Å²) >= 11 is 2.59. The van der Waals surface area contributed by atoms with Crippen LogP contribution >= 0.6 is 23.1 Å². The molecule has 0 bridgehead atoms. The molecule has 0 unspecified atom stereocenters. The number of hydrogen-bond donors (Lipinski definition) is 0. The molecule has 0 aliphatic carbocycles. The van der Waals surface area contributed by atoms with Gasteiger partial charge in [0.05, 0.1) is 17.0 Å². The highest BCUT2D eigenvalue weighted by Gasteiger charge is 2.20. The van der Waals surface area contributed by atoms with Crippen LogP contribution in [0, 0.1) is 12.7 Å². The van der Waals surface area contributed by atoms with Crippen molar-refractivity contribution in [1.82, 2.24) is 14.5 Å². The summed E-state index contributed by atoms with van der Waals surface area (Å²) in [5.74, 6) is -0.0370. The van der Waals surface area contributed by atoms with Gasteiger partial charge in [-0.05, 0) is 61.4 Å². The van der Waals surface area contributed by atoms with Crippen LogP contribution in [-0.4, -0.2) is 39.2 Å². The third-order valence-corrected chi connectivity index (χ3v) is 6.70. The van der Waals surface area contributed by atoms with Gasteiger partial charge in [0.2, 0.25) is 5.91 Å². The summed E-state index contributed by atoms with van der Waals surface area (Å²) in [4.78, 5) is 32.1. The zero-order valence-corrected chi connectivity index (χ0v) is 17.1. The molecule has 0 saturated carbocycles. The highest BCUT2D eigenvalue weighted by Crippen LogP contribution is 2.25. The van der Waals surface area contributed by atoms with E-state index in [4.69, 9.17) is 0 Å². The van der Waals surface area contributed by atoms with Gasteiger partial charge in [-0.2, -0.15) is 0 Å². The molecule has 1 aliphatic heterocycles. The number of aromatic nitrogens is 2. The van der Waals surface area contributed by atoms with Crippen LogP contribution in [0.15, 0.2) is 39.6 Å². The number of amides is 1. The van der Waals surface area contributed by atoms with Gasteiger partial charge in [0.25, 0.3) is 5.56 Å². The standard InChI is InChI=1S/C20H20FN3O2S2/c1-13-11-14(5-6-15(13)21)24-19(26)18-16(7-10-27-18)22-20(24)28-12-17(25)23-8-3-2-4-9-23/h5-7,10-11H,2-4,8-9,12H2,1H3. The van der Waals surface area contributed by atoms with Crippen molar-refractivity contribution in [2.24, 2.45) is 0 Å². The Morgan fingerprint density at radius 1 is 1.25 bits per heavy atom.